The standard InChI is InChI=1S/C30H55O10P/c1-3-5-7-9-10-11-12-13-14-15-16-18-20-22-30(34)40-28(25-37-29(33)21-19-17-8-6-4-2)26-39-41(35,36)38-24-27(32)23-31/h7,9,11-12,27-28,31-32H,3-6,8,10,13-26H2,1-2H3,(H,35,36)/b9-7-,12-11-. The van der Waals surface area contributed by atoms with Gasteiger partial charge in [-0.3, -0.25) is 18.6 Å². The van der Waals surface area contributed by atoms with E-state index >= 15 is 0 Å². The Balaban J connectivity index is 4.45. The molecule has 0 saturated carbocycles. The van der Waals surface area contributed by atoms with E-state index in [1.807, 2.05) is 0 Å². The highest BCUT2D eigenvalue weighted by atomic mass is 31.2. The minimum Gasteiger partial charge on any atom is -0.462 e. The second kappa shape index (κ2) is 27.3. The van der Waals surface area contributed by atoms with Crippen LogP contribution in [0.1, 0.15) is 117 Å². The SMILES string of the molecule is CCC/C=C\C/C=C\CCCCCCCC(=O)OC(COC(=O)CCCCCCC)COP(=O)(O)OCC(O)CO. The first-order valence-corrected chi connectivity index (χ1v) is 16.8. The highest BCUT2D eigenvalue weighted by Gasteiger charge is 2.27. The molecule has 11 heteroatoms. The average Bonchev–Trinajstić information content (AvgIpc) is 2.95. The molecule has 3 N–H and O–H groups in total. The average molecular weight is 607 g/mol. The van der Waals surface area contributed by atoms with Crippen LogP contribution in [0.25, 0.3) is 0 Å². The maximum atomic E-state index is 12.4. The third kappa shape index (κ3) is 27.1. The lowest BCUT2D eigenvalue weighted by Crippen LogP contribution is -2.29. The van der Waals surface area contributed by atoms with Gasteiger partial charge < -0.3 is 24.6 Å². The molecule has 0 aromatic rings. The van der Waals surface area contributed by atoms with Crippen LogP contribution in [0.3, 0.4) is 0 Å². The summed E-state index contributed by atoms with van der Waals surface area (Å²) in [4.78, 5) is 34.3. The summed E-state index contributed by atoms with van der Waals surface area (Å²) in [6.07, 6.45) is 20.6. The van der Waals surface area contributed by atoms with E-state index in [4.69, 9.17) is 19.1 Å². The molecule has 0 aromatic carbocycles. The molecule has 240 valence electrons. The molecule has 3 atom stereocenters. The molecular weight excluding hydrogens is 551 g/mol. The van der Waals surface area contributed by atoms with Gasteiger partial charge in [-0.05, 0) is 38.5 Å². The summed E-state index contributed by atoms with van der Waals surface area (Å²) in [6.45, 7) is 2.15. The summed E-state index contributed by atoms with van der Waals surface area (Å²) in [7, 11) is -4.59. The van der Waals surface area contributed by atoms with Crippen molar-refractivity contribution >= 4 is 19.8 Å². The van der Waals surface area contributed by atoms with Crippen molar-refractivity contribution in [1.82, 2.24) is 0 Å². The Kier molecular flexibility index (Phi) is 26.3. The molecule has 0 aromatic heterocycles. The zero-order valence-electron chi connectivity index (χ0n) is 25.3. The maximum Gasteiger partial charge on any atom is 0.472 e. The van der Waals surface area contributed by atoms with E-state index in [-0.39, 0.29) is 19.4 Å². The fourth-order valence-electron chi connectivity index (χ4n) is 3.67. The molecular formula is C30H55O10P. The van der Waals surface area contributed by atoms with Crippen LogP contribution in [0, 0.1) is 0 Å². The second-order valence-electron chi connectivity index (χ2n) is 10.1. The van der Waals surface area contributed by atoms with Crippen LogP contribution in [-0.2, 0) is 32.7 Å². The van der Waals surface area contributed by atoms with Gasteiger partial charge in [-0.15, -0.1) is 0 Å². The van der Waals surface area contributed by atoms with Crippen molar-refractivity contribution < 1.29 is 47.8 Å². The summed E-state index contributed by atoms with van der Waals surface area (Å²) in [5, 5.41) is 18.1. The predicted molar refractivity (Wildman–Crippen MR) is 159 cm³/mol. The van der Waals surface area contributed by atoms with Crippen LogP contribution < -0.4 is 0 Å². The molecule has 0 rings (SSSR count). The Morgan fingerprint density at radius 3 is 1.98 bits per heavy atom. The molecule has 0 aliphatic carbocycles. The van der Waals surface area contributed by atoms with Gasteiger partial charge in [0, 0.05) is 12.8 Å². The van der Waals surface area contributed by atoms with Crippen molar-refractivity contribution in [2.45, 2.75) is 129 Å². The number of unbranched alkanes of at least 4 members (excludes halogenated alkanes) is 10. The van der Waals surface area contributed by atoms with Crippen molar-refractivity contribution in [2.24, 2.45) is 0 Å². The minimum atomic E-state index is -4.59. The normalized spacial score (nSPS) is 14.8. The van der Waals surface area contributed by atoms with Crippen molar-refractivity contribution in [3.8, 4) is 0 Å². The van der Waals surface area contributed by atoms with E-state index in [0.29, 0.717) is 12.8 Å². The molecule has 0 saturated heterocycles. The van der Waals surface area contributed by atoms with E-state index < -0.39 is 51.8 Å². The van der Waals surface area contributed by atoms with Crippen LogP contribution in [0.5, 0.6) is 0 Å². The van der Waals surface area contributed by atoms with Gasteiger partial charge in [-0.25, -0.2) is 4.57 Å². The van der Waals surface area contributed by atoms with Crippen LogP contribution in [0.2, 0.25) is 0 Å². The number of phosphoric acid groups is 1. The summed E-state index contributed by atoms with van der Waals surface area (Å²) >= 11 is 0. The maximum absolute atomic E-state index is 12.4. The monoisotopic (exact) mass is 606 g/mol. The number of hydrogen-bond donors (Lipinski definition) is 3. The fraction of sp³-hybridized carbons (Fsp3) is 0.800. The van der Waals surface area contributed by atoms with Crippen molar-refractivity contribution in [3.05, 3.63) is 24.3 Å². The molecule has 0 fully saturated rings. The van der Waals surface area contributed by atoms with Gasteiger partial charge in [0.25, 0.3) is 0 Å². The largest absolute Gasteiger partial charge is 0.472 e. The lowest BCUT2D eigenvalue weighted by Gasteiger charge is -2.20. The molecule has 0 aliphatic heterocycles. The van der Waals surface area contributed by atoms with Crippen LogP contribution >= 0.6 is 7.82 Å². The first kappa shape index (κ1) is 39.5. The zero-order valence-corrected chi connectivity index (χ0v) is 26.1. The summed E-state index contributed by atoms with van der Waals surface area (Å²) < 4.78 is 32.2. The second-order valence-corrected chi connectivity index (χ2v) is 11.6. The molecule has 0 bridgehead atoms. The summed E-state index contributed by atoms with van der Waals surface area (Å²) in [5.41, 5.74) is 0. The number of ether oxygens (including phenoxy) is 2. The lowest BCUT2D eigenvalue weighted by molar-refractivity contribution is -0.161. The van der Waals surface area contributed by atoms with Gasteiger partial charge >= 0.3 is 19.8 Å². The number of hydrogen-bond acceptors (Lipinski definition) is 9. The smallest absolute Gasteiger partial charge is 0.462 e. The van der Waals surface area contributed by atoms with Crippen molar-refractivity contribution in [1.29, 1.82) is 0 Å². The zero-order chi connectivity index (χ0) is 30.6. The van der Waals surface area contributed by atoms with E-state index in [1.54, 1.807) is 0 Å². The number of rotatable bonds is 28. The van der Waals surface area contributed by atoms with Gasteiger partial charge in [0.1, 0.15) is 12.7 Å². The summed E-state index contributed by atoms with van der Waals surface area (Å²) in [5.74, 6) is -0.961. The number of allylic oxidation sites excluding steroid dienone is 4. The molecule has 3 unspecified atom stereocenters. The number of phosphoric ester groups is 1. The Bertz CT molecular complexity index is 756. The van der Waals surface area contributed by atoms with Crippen molar-refractivity contribution in [2.75, 3.05) is 26.4 Å². The van der Waals surface area contributed by atoms with Gasteiger partial charge in [0.2, 0.25) is 0 Å². The first-order valence-electron chi connectivity index (χ1n) is 15.3. The third-order valence-electron chi connectivity index (χ3n) is 6.09. The van der Waals surface area contributed by atoms with E-state index in [2.05, 4.69) is 42.7 Å². The number of aliphatic hydroxyl groups excluding tert-OH is 2. The molecule has 0 heterocycles. The van der Waals surface area contributed by atoms with Crippen LogP contribution in [0.4, 0.5) is 0 Å². The number of aliphatic hydroxyl groups is 2. The van der Waals surface area contributed by atoms with Crippen LogP contribution in [0.15, 0.2) is 24.3 Å². The quantitative estimate of drug-likeness (QED) is 0.0400. The predicted octanol–water partition coefficient (Wildman–Crippen LogP) is 6.32. The molecule has 41 heavy (non-hydrogen) atoms. The highest BCUT2D eigenvalue weighted by Crippen LogP contribution is 2.43. The van der Waals surface area contributed by atoms with Gasteiger partial charge in [0.05, 0.1) is 19.8 Å². The van der Waals surface area contributed by atoms with Crippen LogP contribution in [-0.4, -0.2) is 65.7 Å². The van der Waals surface area contributed by atoms with Gasteiger partial charge in [-0.2, -0.15) is 0 Å². The number of carbonyl (C=O) groups is 2. The fourth-order valence-corrected chi connectivity index (χ4v) is 4.46. The number of carbonyl (C=O) groups excluding carboxylic acids is 2. The summed E-state index contributed by atoms with van der Waals surface area (Å²) in [6, 6.07) is 0. The third-order valence-corrected chi connectivity index (χ3v) is 7.04. The van der Waals surface area contributed by atoms with Crippen molar-refractivity contribution in [3.63, 3.8) is 0 Å². The Morgan fingerprint density at radius 2 is 1.32 bits per heavy atom. The topological polar surface area (TPSA) is 149 Å². The Hall–Kier alpha value is -1.55. The minimum absolute atomic E-state index is 0.169. The first-order chi connectivity index (χ1) is 19.7. The highest BCUT2D eigenvalue weighted by molar-refractivity contribution is 7.47. The van der Waals surface area contributed by atoms with E-state index in [9.17, 15) is 24.2 Å². The van der Waals surface area contributed by atoms with Gasteiger partial charge in [-0.1, -0.05) is 89.5 Å². The van der Waals surface area contributed by atoms with E-state index in [0.717, 1.165) is 70.6 Å². The molecule has 0 amide bonds. The lowest BCUT2D eigenvalue weighted by atomic mass is 10.1. The van der Waals surface area contributed by atoms with E-state index in [1.165, 1.54) is 6.42 Å². The Labute approximate surface area is 247 Å². The Morgan fingerprint density at radius 1 is 0.732 bits per heavy atom. The molecule has 10 nitrogen and oxygen atoms in total. The molecule has 0 radical (unpaired) electrons. The molecule has 0 spiro atoms. The van der Waals surface area contributed by atoms with Gasteiger partial charge in [0.15, 0.2) is 6.10 Å². The number of esters is 2. The molecule has 0 aliphatic rings.